The van der Waals surface area contributed by atoms with Gasteiger partial charge >= 0.3 is 0 Å². The monoisotopic (exact) mass is 282 g/mol. The SMILES string of the molecule is CCC(N)c1ccn(Cc2nc3ccccc3c(=O)[nH]2)c1. The molecule has 0 aliphatic heterocycles. The second-order valence-electron chi connectivity index (χ2n) is 5.16. The number of rotatable bonds is 4. The number of fused-ring (bicyclic) bond motifs is 1. The highest BCUT2D eigenvalue weighted by molar-refractivity contribution is 5.77. The van der Waals surface area contributed by atoms with E-state index in [0.717, 1.165) is 12.0 Å². The Morgan fingerprint density at radius 2 is 2.14 bits per heavy atom. The number of nitrogens with two attached hydrogens (primary N) is 1. The van der Waals surface area contributed by atoms with Crippen LogP contribution < -0.4 is 11.3 Å². The van der Waals surface area contributed by atoms with Crippen LogP contribution in [0.5, 0.6) is 0 Å². The Bertz CT molecular complexity index is 818. The van der Waals surface area contributed by atoms with Crippen molar-refractivity contribution < 1.29 is 0 Å². The van der Waals surface area contributed by atoms with Crippen LogP contribution in [0.25, 0.3) is 10.9 Å². The normalized spacial score (nSPS) is 12.7. The summed E-state index contributed by atoms with van der Waals surface area (Å²) >= 11 is 0. The molecule has 3 aromatic rings. The standard InChI is InChI=1S/C16H18N4O/c1-2-13(17)11-7-8-20(9-11)10-15-18-14-6-4-3-5-12(14)16(21)19-15/h3-9,13H,2,10,17H2,1H3,(H,18,19,21). The van der Waals surface area contributed by atoms with Gasteiger partial charge in [-0.3, -0.25) is 4.79 Å². The first-order valence-electron chi connectivity index (χ1n) is 7.06. The highest BCUT2D eigenvalue weighted by atomic mass is 16.1. The molecule has 3 N–H and O–H groups in total. The molecule has 2 aromatic heterocycles. The zero-order valence-corrected chi connectivity index (χ0v) is 11.9. The highest BCUT2D eigenvalue weighted by Gasteiger charge is 2.07. The zero-order chi connectivity index (χ0) is 14.8. The van der Waals surface area contributed by atoms with Crippen LogP contribution in [-0.4, -0.2) is 14.5 Å². The van der Waals surface area contributed by atoms with Gasteiger partial charge < -0.3 is 15.3 Å². The number of nitrogens with zero attached hydrogens (tertiary/aromatic N) is 2. The molecule has 1 aromatic carbocycles. The smallest absolute Gasteiger partial charge is 0.258 e. The second-order valence-corrected chi connectivity index (χ2v) is 5.16. The fourth-order valence-corrected chi connectivity index (χ4v) is 2.40. The minimum atomic E-state index is -0.103. The largest absolute Gasteiger partial charge is 0.346 e. The van der Waals surface area contributed by atoms with Gasteiger partial charge in [0.1, 0.15) is 5.82 Å². The van der Waals surface area contributed by atoms with Crippen molar-refractivity contribution in [3.8, 4) is 0 Å². The first-order valence-corrected chi connectivity index (χ1v) is 7.06. The maximum absolute atomic E-state index is 12.0. The van der Waals surface area contributed by atoms with E-state index in [4.69, 9.17) is 5.73 Å². The Morgan fingerprint density at radius 1 is 1.33 bits per heavy atom. The van der Waals surface area contributed by atoms with Crippen LogP contribution in [0.3, 0.4) is 0 Å². The fourth-order valence-electron chi connectivity index (χ4n) is 2.40. The van der Waals surface area contributed by atoms with E-state index in [9.17, 15) is 4.79 Å². The van der Waals surface area contributed by atoms with Crippen LogP contribution in [0, 0.1) is 0 Å². The molecule has 108 valence electrons. The van der Waals surface area contributed by atoms with Crippen molar-refractivity contribution in [2.24, 2.45) is 5.73 Å². The molecule has 0 bridgehead atoms. The lowest BCUT2D eigenvalue weighted by atomic mass is 10.1. The summed E-state index contributed by atoms with van der Waals surface area (Å²) in [4.78, 5) is 19.4. The Kier molecular flexibility index (Phi) is 3.58. The predicted molar refractivity (Wildman–Crippen MR) is 83.1 cm³/mol. The summed E-state index contributed by atoms with van der Waals surface area (Å²) < 4.78 is 1.98. The van der Waals surface area contributed by atoms with Gasteiger partial charge in [0.25, 0.3) is 5.56 Å². The van der Waals surface area contributed by atoms with Crippen molar-refractivity contribution in [2.75, 3.05) is 0 Å². The molecule has 0 radical (unpaired) electrons. The number of aromatic amines is 1. The van der Waals surface area contributed by atoms with Crippen molar-refractivity contribution >= 4 is 10.9 Å². The van der Waals surface area contributed by atoms with Gasteiger partial charge in [0, 0.05) is 18.4 Å². The molecule has 0 spiro atoms. The van der Waals surface area contributed by atoms with Gasteiger partial charge in [-0.05, 0) is 30.2 Å². The minimum absolute atomic E-state index is 0.0508. The molecular weight excluding hydrogens is 264 g/mol. The van der Waals surface area contributed by atoms with Crippen LogP contribution in [-0.2, 0) is 6.54 Å². The minimum Gasteiger partial charge on any atom is -0.346 e. The predicted octanol–water partition coefficient (Wildman–Crippen LogP) is 2.18. The molecule has 0 saturated carbocycles. The lowest BCUT2D eigenvalue weighted by Gasteiger charge is -2.06. The molecule has 5 heteroatoms. The lowest BCUT2D eigenvalue weighted by molar-refractivity contribution is 0.688. The summed E-state index contributed by atoms with van der Waals surface area (Å²) in [5.41, 5.74) is 7.72. The Labute approximate surface area is 122 Å². The summed E-state index contributed by atoms with van der Waals surface area (Å²) in [6.45, 7) is 2.58. The van der Waals surface area contributed by atoms with Crippen LogP contribution >= 0.6 is 0 Å². The van der Waals surface area contributed by atoms with Crippen molar-refractivity contribution in [3.05, 3.63) is 64.5 Å². The maximum atomic E-state index is 12.0. The Balaban J connectivity index is 1.91. The van der Waals surface area contributed by atoms with E-state index < -0.39 is 0 Å². The zero-order valence-electron chi connectivity index (χ0n) is 11.9. The topological polar surface area (TPSA) is 76.7 Å². The average molecular weight is 282 g/mol. The quantitative estimate of drug-likeness (QED) is 0.770. The second kappa shape index (κ2) is 5.54. The molecule has 0 amide bonds. The molecule has 0 aliphatic rings. The van der Waals surface area contributed by atoms with Crippen LogP contribution in [0.15, 0.2) is 47.5 Å². The van der Waals surface area contributed by atoms with Crippen molar-refractivity contribution in [1.29, 1.82) is 0 Å². The molecule has 1 unspecified atom stereocenters. The molecule has 3 rings (SSSR count). The van der Waals surface area contributed by atoms with Gasteiger partial charge in [-0.25, -0.2) is 4.98 Å². The fraction of sp³-hybridized carbons (Fsp3) is 0.250. The van der Waals surface area contributed by atoms with Gasteiger partial charge in [-0.1, -0.05) is 19.1 Å². The number of aromatic nitrogens is 3. The number of hydrogen-bond acceptors (Lipinski definition) is 3. The first-order chi connectivity index (χ1) is 10.2. The molecule has 0 aliphatic carbocycles. The van der Waals surface area contributed by atoms with Crippen molar-refractivity contribution in [1.82, 2.24) is 14.5 Å². The van der Waals surface area contributed by atoms with E-state index in [-0.39, 0.29) is 11.6 Å². The van der Waals surface area contributed by atoms with Crippen molar-refractivity contribution in [2.45, 2.75) is 25.9 Å². The summed E-state index contributed by atoms with van der Waals surface area (Å²) in [5, 5.41) is 0.613. The summed E-state index contributed by atoms with van der Waals surface area (Å²) in [7, 11) is 0. The van der Waals surface area contributed by atoms with Gasteiger partial charge in [0.2, 0.25) is 0 Å². The van der Waals surface area contributed by atoms with E-state index in [2.05, 4.69) is 16.9 Å². The lowest BCUT2D eigenvalue weighted by Crippen LogP contribution is -2.14. The number of benzene rings is 1. The van der Waals surface area contributed by atoms with Gasteiger partial charge in [-0.2, -0.15) is 0 Å². The average Bonchev–Trinajstić information content (AvgIpc) is 2.95. The Morgan fingerprint density at radius 3 is 2.95 bits per heavy atom. The van der Waals surface area contributed by atoms with Crippen LogP contribution in [0.2, 0.25) is 0 Å². The molecule has 5 nitrogen and oxygen atoms in total. The highest BCUT2D eigenvalue weighted by Crippen LogP contribution is 2.14. The van der Waals surface area contributed by atoms with E-state index in [1.165, 1.54) is 0 Å². The van der Waals surface area contributed by atoms with Gasteiger partial charge in [-0.15, -0.1) is 0 Å². The molecule has 21 heavy (non-hydrogen) atoms. The van der Waals surface area contributed by atoms with E-state index in [1.807, 2.05) is 41.2 Å². The summed E-state index contributed by atoms with van der Waals surface area (Å²) in [6.07, 6.45) is 4.86. The van der Waals surface area contributed by atoms with Crippen LogP contribution in [0.4, 0.5) is 0 Å². The van der Waals surface area contributed by atoms with Gasteiger partial charge in [0.15, 0.2) is 0 Å². The molecular formula is C16H18N4O. The maximum Gasteiger partial charge on any atom is 0.258 e. The van der Waals surface area contributed by atoms with E-state index in [1.54, 1.807) is 6.07 Å². The Hall–Kier alpha value is -2.40. The van der Waals surface area contributed by atoms with E-state index >= 15 is 0 Å². The molecule has 2 heterocycles. The van der Waals surface area contributed by atoms with Crippen LogP contribution in [0.1, 0.15) is 30.8 Å². The third-order valence-electron chi connectivity index (χ3n) is 3.64. The van der Waals surface area contributed by atoms with Gasteiger partial charge in [0.05, 0.1) is 17.4 Å². The van der Waals surface area contributed by atoms with Crippen molar-refractivity contribution in [3.63, 3.8) is 0 Å². The van der Waals surface area contributed by atoms with E-state index in [0.29, 0.717) is 23.3 Å². The number of para-hydroxylation sites is 1. The third-order valence-corrected chi connectivity index (χ3v) is 3.64. The summed E-state index contributed by atoms with van der Waals surface area (Å²) in [5.74, 6) is 0.644. The number of hydrogen-bond donors (Lipinski definition) is 2. The summed E-state index contributed by atoms with van der Waals surface area (Å²) in [6, 6.07) is 9.40. The molecule has 1 atom stereocenters. The number of H-pyrrole nitrogens is 1. The number of nitrogens with one attached hydrogen (secondary N) is 1. The third kappa shape index (κ3) is 2.73. The first kappa shape index (κ1) is 13.6. The molecule has 0 saturated heterocycles. The molecule has 0 fully saturated rings.